The molecule has 10 heteroatoms. The Kier molecular flexibility index (Phi) is 9.61. The summed E-state index contributed by atoms with van der Waals surface area (Å²) in [7, 11) is -0.329. The number of guanidine groups is 1. The molecule has 2 aromatic heterocycles. The van der Waals surface area contributed by atoms with Gasteiger partial charge in [-0.3, -0.25) is 0 Å². The molecule has 0 saturated carbocycles. The number of nitrogens with zero attached hydrogens (tertiary/aromatic N) is 2. The Balaban J connectivity index is 0.00000338. The molecule has 2 rings (SSSR count). The van der Waals surface area contributed by atoms with Crippen LogP contribution in [0.3, 0.4) is 0 Å². The van der Waals surface area contributed by atoms with E-state index in [1.54, 1.807) is 18.4 Å². The first-order valence-corrected chi connectivity index (χ1v) is 10.2. The molecule has 2 heterocycles. The summed E-state index contributed by atoms with van der Waals surface area (Å²) >= 11 is 1.24. The van der Waals surface area contributed by atoms with Gasteiger partial charge in [-0.25, -0.2) is 17.7 Å². The number of thiophene rings is 1. The summed E-state index contributed by atoms with van der Waals surface area (Å²) in [5.74, 6) is 1.61. The van der Waals surface area contributed by atoms with E-state index in [0.717, 1.165) is 23.6 Å². The number of nitrogens with one attached hydrogen (secondary N) is 2. The molecule has 2 aromatic rings. The van der Waals surface area contributed by atoms with Gasteiger partial charge in [-0.05, 0) is 31.2 Å². The summed E-state index contributed by atoms with van der Waals surface area (Å²) in [6.07, 6.45) is 2.42. The summed E-state index contributed by atoms with van der Waals surface area (Å²) in [6, 6.07) is 7.23. The number of hydrogen-bond acceptors (Lipinski definition) is 5. The molecule has 7 nitrogen and oxygen atoms in total. The topological polar surface area (TPSA) is 86.9 Å². The van der Waals surface area contributed by atoms with Gasteiger partial charge < -0.3 is 15.1 Å². The van der Waals surface area contributed by atoms with E-state index >= 15 is 0 Å². The van der Waals surface area contributed by atoms with E-state index in [1.807, 2.05) is 19.1 Å². The summed E-state index contributed by atoms with van der Waals surface area (Å²) < 4.78 is 31.1. The predicted molar refractivity (Wildman–Crippen MR) is 116 cm³/mol. The summed E-state index contributed by atoms with van der Waals surface area (Å²) in [6.45, 7) is 3.86. The quantitative estimate of drug-likeness (QED) is 0.323. The average molecular weight is 512 g/mol. The van der Waals surface area contributed by atoms with Crippen molar-refractivity contribution in [3.63, 3.8) is 0 Å². The predicted octanol–water partition coefficient (Wildman–Crippen LogP) is 2.51. The lowest BCUT2D eigenvalue weighted by atomic mass is 10.3. The molecule has 146 valence electrons. The van der Waals surface area contributed by atoms with Gasteiger partial charge in [0.1, 0.15) is 9.97 Å². The van der Waals surface area contributed by atoms with Crippen molar-refractivity contribution in [1.29, 1.82) is 0 Å². The van der Waals surface area contributed by atoms with E-state index in [1.165, 1.54) is 29.7 Å². The zero-order chi connectivity index (χ0) is 18.3. The van der Waals surface area contributed by atoms with Crippen LogP contribution in [0, 0.1) is 0 Å². The first-order chi connectivity index (χ1) is 11.9. The second kappa shape index (κ2) is 10.9. The highest BCUT2D eigenvalue weighted by atomic mass is 127. The Morgan fingerprint density at radius 3 is 2.65 bits per heavy atom. The van der Waals surface area contributed by atoms with Gasteiger partial charge in [-0.15, -0.1) is 35.3 Å². The van der Waals surface area contributed by atoms with Gasteiger partial charge in [0, 0.05) is 38.5 Å². The van der Waals surface area contributed by atoms with Crippen molar-refractivity contribution >= 4 is 51.3 Å². The Bertz CT molecular complexity index is 786. The Morgan fingerprint density at radius 2 is 2.04 bits per heavy atom. The van der Waals surface area contributed by atoms with Gasteiger partial charge >= 0.3 is 0 Å². The van der Waals surface area contributed by atoms with Crippen LogP contribution >= 0.6 is 35.3 Å². The molecule has 0 aromatic carbocycles. The van der Waals surface area contributed by atoms with Crippen molar-refractivity contribution in [3.05, 3.63) is 41.2 Å². The highest BCUT2D eigenvalue weighted by Crippen LogP contribution is 2.24. The zero-order valence-electron chi connectivity index (χ0n) is 15.1. The van der Waals surface area contributed by atoms with Gasteiger partial charge in [0.2, 0.25) is 0 Å². The SMILES string of the molecule is CCNC(=NCc1ccc(S(=O)(=O)N(C)C)s1)NCCc1ccco1.I. The number of rotatable bonds is 8. The van der Waals surface area contributed by atoms with Crippen LogP contribution in [0.25, 0.3) is 0 Å². The van der Waals surface area contributed by atoms with Gasteiger partial charge in [0.15, 0.2) is 5.96 Å². The smallest absolute Gasteiger partial charge is 0.252 e. The van der Waals surface area contributed by atoms with Crippen LogP contribution < -0.4 is 10.6 Å². The third kappa shape index (κ3) is 6.56. The van der Waals surface area contributed by atoms with E-state index in [9.17, 15) is 8.42 Å². The molecule has 0 fully saturated rings. The molecule has 2 N–H and O–H groups in total. The maximum atomic E-state index is 12.1. The van der Waals surface area contributed by atoms with Gasteiger partial charge in [-0.1, -0.05) is 0 Å². The normalized spacial score (nSPS) is 12.1. The molecule has 0 aliphatic carbocycles. The van der Waals surface area contributed by atoms with Gasteiger partial charge in [0.05, 0.1) is 12.8 Å². The number of halogens is 1. The molecule has 0 saturated heterocycles. The van der Waals surface area contributed by atoms with Crippen molar-refractivity contribution in [1.82, 2.24) is 14.9 Å². The van der Waals surface area contributed by atoms with Crippen molar-refractivity contribution < 1.29 is 12.8 Å². The third-order valence-electron chi connectivity index (χ3n) is 3.35. The van der Waals surface area contributed by atoms with Crippen LogP contribution in [0.1, 0.15) is 17.6 Å². The highest BCUT2D eigenvalue weighted by molar-refractivity contribution is 14.0. The number of sulfonamides is 1. The number of hydrogen-bond donors (Lipinski definition) is 2. The number of furan rings is 1. The molecule has 0 spiro atoms. The van der Waals surface area contributed by atoms with Crippen LogP contribution in [0.4, 0.5) is 0 Å². The average Bonchev–Trinajstić information content (AvgIpc) is 3.24. The lowest BCUT2D eigenvalue weighted by Gasteiger charge is -2.10. The van der Waals surface area contributed by atoms with Crippen LogP contribution in [-0.2, 0) is 23.0 Å². The van der Waals surface area contributed by atoms with Gasteiger partial charge in [0.25, 0.3) is 10.0 Å². The third-order valence-corrected chi connectivity index (χ3v) is 6.71. The fourth-order valence-corrected chi connectivity index (χ4v) is 4.47. The van der Waals surface area contributed by atoms with Gasteiger partial charge in [-0.2, -0.15) is 0 Å². The molecule has 0 amide bonds. The maximum Gasteiger partial charge on any atom is 0.252 e. The highest BCUT2D eigenvalue weighted by Gasteiger charge is 2.19. The lowest BCUT2D eigenvalue weighted by Crippen LogP contribution is -2.38. The Morgan fingerprint density at radius 1 is 1.27 bits per heavy atom. The van der Waals surface area contributed by atoms with Crippen molar-refractivity contribution in [3.8, 4) is 0 Å². The maximum absolute atomic E-state index is 12.1. The van der Waals surface area contributed by atoms with Crippen molar-refractivity contribution in [2.75, 3.05) is 27.2 Å². The molecular formula is C16H25IN4O3S2. The van der Waals surface area contributed by atoms with E-state index in [4.69, 9.17) is 4.42 Å². The second-order valence-corrected chi connectivity index (χ2v) is 9.01. The largest absolute Gasteiger partial charge is 0.469 e. The second-order valence-electron chi connectivity index (χ2n) is 5.46. The molecule has 0 atom stereocenters. The molecule has 0 unspecified atom stereocenters. The molecular weight excluding hydrogens is 487 g/mol. The van der Waals surface area contributed by atoms with E-state index in [2.05, 4.69) is 15.6 Å². The molecule has 0 aliphatic rings. The first kappa shape index (κ1) is 22.9. The van der Waals surface area contributed by atoms with Crippen molar-refractivity contribution in [2.45, 2.75) is 24.1 Å². The first-order valence-electron chi connectivity index (χ1n) is 7.99. The Hall–Kier alpha value is -1.11. The van der Waals surface area contributed by atoms with E-state index < -0.39 is 10.0 Å². The Labute approximate surface area is 176 Å². The van der Waals surface area contributed by atoms with Crippen LogP contribution in [0.15, 0.2) is 44.1 Å². The fraction of sp³-hybridized carbons (Fsp3) is 0.438. The molecule has 0 radical (unpaired) electrons. The summed E-state index contributed by atoms with van der Waals surface area (Å²) in [5, 5.41) is 6.42. The monoisotopic (exact) mass is 512 g/mol. The minimum atomic E-state index is -3.38. The van der Waals surface area contributed by atoms with Crippen molar-refractivity contribution in [2.24, 2.45) is 4.99 Å². The van der Waals surface area contributed by atoms with Crippen LogP contribution in [0.2, 0.25) is 0 Å². The minimum Gasteiger partial charge on any atom is -0.469 e. The molecule has 0 aliphatic heterocycles. The zero-order valence-corrected chi connectivity index (χ0v) is 19.0. The summed E-state index contributed by atoms with van der Waals surface area (Å²) in [5.41, 5.74) is 0. The summed E-state index contributed by atoms with van der Waals surface area (Å²) in [4.78, 5) is 5.40. The minimum absolute atomic E-state index is 0. The molecule has 0 bridgehead atoms. The standard InChI is InChI=1S/C16H24N4O3S2.HI/c1-4-17-16(18-10-9-13-6-5-11-23-13)19-12-14-7-8-15(24-14)25(21,22)20(2)3;/h5-8,11H,4,9-10,12H2,1-3H3,(H2,17,18,19);1H. The lowest BCUT2D eigenvalue weighted by molar-refractivity contribution is 0.507. The van der Waals surface area contributed by atoms with Crippen LogP contribution in [0.5, 0.6) is 0 Å². The van der Waals surface area contributed by atoms with Crippen LogP contribution in [-0.4, -0.2) is 45.9 Å². The number of aliphatic imine (C=N–C) groups is 1. The fourth-order valence-electron chi connectivity index (χ4n) is 2.02. The molecule has 26 heavy (non-hydrogen) atoms. The van der Waals surface area contributed by atoms with E-state index in [0.29, 0.717) is 23.3 Å². The van der Waals surface area contributed by atoms with E-state index in [-0.39, 0.29) is 24.0 Å².